The van der Waals surface area contributed by atoms with Crippen LogP contribution in [0.25, 0.3) is 10.3 Å². The van der Waals surface area contributed by atoms with Gasteiger partial charge in [0.25, 0.3) is 16.6 Å². The average Bonchev–Trinajstić information content (AvgIpc) is 3.50. The van der Waals surface area contributed by atoms with Crippen LogP contribution in [0.2, 0.25) is 0 Å². The Labute approximate surface area is 226 Å². The van der Waals surface area contributed by atoms with E-state index in [4.69, 9.17) is 10.6 Å². The van der Waals surface area contributed by atoms with Crippen molar-refractivity contribution in [2.24, 2.45) is 12.2 Å². The fourth-order valence-corrected chi connectivity index (χ4v) is 8.01. The van der Waals surface area contributed by atoms with E-state index in [0.29, 0.717) is 17.1 Å². The first-order chi connectivity index (χ1) is 17.8. The van der Waals surface area contributed by atoms with Crippen molar-refractivity contribution >= 4 is 85.2 Å². The number of carbonyl (C=O) groups is 3. The molecule has 37 heavy (non-hydrogen) atoms. The highest BCUT2D eigenvalue weighted by molar-refractivity contribution is 8.02. The molecule has 1 fully saturated rings. The largest absolute Gasteiger partial charge is 0.477 e. The van der Waals surface area contributed by atoms with Crippen LogP contribution in [0, 0.1) is 0 Å². The number of β-lactam (4-membered cyclic amide) rings is 1. The third-order valence-corrected chi connectivity index (χ3v) is 9.97. The zero-order chi connectivity index (χ0) is 26.3. The highest BCUT2D eigenvalue weighted by atomic mass is 32.2. The number of fused-ring (bicyclic) bond motifs is 2. The van der Waals surface area contributed by atoms with Crippen molar-refractivity contribution in [3.8, 4) is 0 Å². The highest BCUT2D eigenvalue weighted by Crippen LogP contribution is 2.42. The molecule has 2 atom stereocenters. The molecule has 1 unspecified atom stereocenters. The number of aromatic nitrogens is 3. The van der Waals surface area contributed by atoms with E-state index in [-0.39, 0.29) is 22.2 Å². The summed E-state index contributed by atoms with van der Waals surface area (Å²) in [5, 5.41) is 17.6. The smallest absolute Gasteiger partial charge is 0.352 e. The van der Waals surface area contributed by atoms with Crippen molar-refractivity contribution in [3.63, 3.8) is 0 Å². The first-order valence-electron chi connectivity index (χ1n) is 10.7. The molecule has 5 heterocycles. The Morgan fingerprint density at radius 1 is 1.43 bits per heavy atom. The quantitative estimate of drug-likeness (QED) is 0.116. The molecule has 3 aromatic rings. The summed E-state index contributed by atoms with van der Waals surface area (Å²) in [7, 11) is 3.23. The Bertz CT molecular complexity index is 1480. The third kappa shape index (κ3) is 4.76. The molecular weight excluding hydrogens is 559 g/mol. The van der Waals surface area contributed by atoms with Crippen LogP contribution in [0.15, 0.2) is 44.5 Å². The number of hydrogen-bond donors (Lipinski definition) is 3. The average molecular weight is 579 g/mol. The Morgan fingerprint density at radius 3 is 2.92 bits per heavy atom. The summed E-state index contributed by atoms with van der Waals surface area (Å²) >= 11 is 5.49. The summed E-state index contributed by atoms with van der Waals surface area (Å²) in [5.41, 5.74) is 7.20. The number of aliphatic carboxylic acids is 1. The lowest BCUT2D eigenvalue weighted by atomic mass is 10.0. The van der Waals surface area contributed by atoms with Crippen molar-refractivity contribution in [1.29, 1.82) is 0 Å². The van der Waals surface area contributed by atoms with E-state index in [1.54, 1.807) is 5.38 Å². The normalized spacial score (nSPS) is 19.6. The second kappa shape index (κ2) is 10.3. The van der Waals surface area contributed by atoms with Crippen LogP contribution in [0.1, 0.15) is 5.69 Å². The number of carboxylic acids is 1. The SMILES string of the molecule is CON=C(C(=O)NC1C(=O)N2C(C(=O)O)=C(CSc3nc4ccc[n+](C)c4s3)CS[C@@H]12)c1csc(N)n1. The minimum absolute atomic E-state index is 0.0449. The summed E-state index contributed by atoms with van der Waals surface area (Å²) in [6.45, 7) is 0. The molecule has 2 aliphatic heterocycles. The van der Waals surface area contributed by atoms with E-state index in [1.807, 2.05) is 29.9 Å². The number of hydrogen-bond acceptors (Lipinski definition) is 12. The van der Waals surface area contributed by atoms with Gasteiger partial charge in [-0.15, -0.1) is 23.1 Å². The number of aryl methyl sites for hydroxylation is 1. The van der Waals surface area contributed by atoms with Gasteiger partial charge in [0.2, 0.25) is 0 Å². The van der Waals surface area contributed by atoms with Gasteiger partial charge in [-0.1, -0.05) is 16.9 Å². The van der Waals surface area contributed by atoms with E-state index in [0.717, 1.165) is 26.0 Å². The van der Waals surface area contributed by atoms with E-state index in [1.165, 1.54) is 46.9 Å². The molecule has 192 valence electrons. The van der Waals surface area contributed by atoms with Crippen LogP contribution in [0.5, 0.6) is 0 Å². The van der Waals surface area contributed by atoms with Gasteiger partial charge in [-0.25, -0.2) is 14.8 Å². The Kier molecular flexibility index (Phi) is 7.06. The van der Waals surface area contributed by atoms with Crippen molar-refractivity contribution in [1.82, 2.24) is 20.2 Å². The van der Waals surface area contributed by atoms with Gasteiger partial charge in [0.1, 0.15) is 42.5 Å². The molecule has 0 aliphatic carbocycles. The maximum absolute atomic E-state index is 13.0. The number of nitrogens with zero attached hydrogens (tertiary/aromatic N) is 5. The fourth-order valence-electron chi connectivity index (χ4n) is 3.90. The minimum atomic E-state index is -1.19. The van der Waals surface area contributed by atoms with E-state index in [2.05, 4.69) is 20.4 Å². The second-order valence-electron chi connectivity index (χ2n) is 7.89. The number of amides is 2. The molecule has 12 nitrogen and oxygen atoms in total. The standard InChI is InChI=1S/C21H19N7O5S4/c1-27-5-3-4-10-17(27)37-21(24-10)36-7-9-6-34-18-13(16(30)28(18)14(9)19(31)32)25-15(29)12(26-33-2)11-8-35-20(22)23-11/h3-5,8,13,18H,6-7H2,1-2H3,(H3-,22,23,25,29,31,32)/p+1/t13?,18-/m0/s1. The van der Waals surface area contributed by atoms with Gasteiger partial charge in [0.05, 0.1) is 0 Å². The van der Waals surface area contributed by atoms with Crippen LogP contribution in [0.3, 0.4) is 0 Å². The summed E-state index contributed by atoms with van der Waals surface area (Å²) in [6, 6.07) is 2.93. The fraction of sp³-hybridized carbons (Fsp3) is 0.286. The summed E-state index contributed by atoms with van der Waals surface area (Å²) in [4.78, 5) is 53.8. The zero-order valence-corrected chi connectivity index (χ0v) is 22.7. The molecule has 1 saturated heterocycles. The van der Waals surface area contributed by atoms with E-state index >= 15 is 0 Å². The van der Waals surface area contributed by atoms with Gasteiger partial charge >= 0.3 is 5.97 Å². The van der Waals surface area contributed by atoms with Crippen LogP contribution in [-0.2, 0) is 26.3 Å². The number of pyridine rings is 1. The number of oxime groups is 1. The molecule has 0 spiro atoms. The third-order valence-electron chi connectivity index (χ3n) is 5.57. The van der Waals surface area contributed by atoms with Crippen molar-refractivity contribution in [3.05, 3.63) is 40.7 Å². The lowest BCUT2D eigenvalue weighted by Crippen LogP contribution is -2.71. The van der Waals surface area contributed by atoms with Gasteiger partial charge < -0.3 is 21.0 Å². The number of anilines is 1. The van der Waals surface area contributed by atoms with Gasteiger partial charge in [0, 0.05) is 23.0 Å². The number of thiazole rings is 2. The van der Waals surface area contributed by atoms with E-state index < -0.39 is 29.2 Å². The second-order valence-corrected chi connectivity index (χ2v) is 12.1. The van der Waals surface area contributed by atoms with Crippen LogP contribution >= 0.6 is 46.2 Å². The Morgan fingerprint density at radius 2 is 2.24 bits per heavy atom. The van der Waals surface area contributed by atoms with Crippen LogP contribution in [0.4, 0.5) is 5.13 Å². The maximum atomic E-state index is 13.0. The number of thioether (sulfide) groups is 2. The lowest BCUT2D eigenvalue weighted by Gasteiger charge is -2.49. The molecule has 16 heteroatoms. The van der Waals surface area contributed by atoms with E-state index in [9.17, 15) is 19.5 Å². The predicted octanol–water partition coefficient (Wildman–Crippen LogP) is 1.04. The van der Waals surface area contributed by atoms with Crippen LogP contribution < -0.4 is 15.6 Å². The molecule has 5 rings (SSSR count). The first-order valence-corrected chi connectivity index (χ1v) is 14.4. The number of nitrogens with one attached hydrogen (secondary N) is 1. The molecule has 0 aromatic carbocycles. The predicted molar refractivity (Wildman–Crippen MR) is 141 cm³/mol. The molecule has 4 N–H and O–H groups in total. The summed E-state index contributed by atoms with van der Waals surface area (Å²) < 4.78 is 2.80. The number of rotatable bonds is 8. The van der Waals surface area contributed by atoms with Crippen LogP contribution in [-0.4, -0.2) is 73.5 Å². The summed E-state index contributed by atoms with van der Waals surface area (Å²) in [6.07, 6.45) is 1.94. The Hall–Kier alpha value is -3.21. The Balaban J connectivity index is 1.31. The topological polar surface area (TPSA) is 164 Å². The summed E-state index contributed by atoms with van der Waals surface area (Å²) in [5.74, 6) is -1.59. The number of nitrogen functional groups attached to an aromatic ring is 1. The number of nitrogens with two attached hydrogens (primary N) is 1. The molecule has 3 aromatic heterocycles. The highest BCUT2D eigenvalue weighted by Gasteiger charge is 2.54. The van der Waals surface area contributed by atoms with Gasteiger partial charge in [-0.2, -0.15) is 4.57 Å². The van der Waals surface area contributed by atoms with Crippen molar-refractivity contribution in [2.45, 2.75) is 15.8 Å². The van der Waals surface area contributed by atoms with Crippen molar-refractivity contribution in [2.75, 3.05) is 24.3 Å². The maximum Gasteiger partial charge on any atom is 0.352 e. The first kappa shape index (κ1) is 25.4. The molecule has 2 amide bonds. The molecule has 0 radical (unpaired) electrons. The molecular formula is C21H20N7O5S4+. The number of carbonyl (C=O) groups excluding carboxylic acids is 2. The lowest BCUT2D eigenvalue weighted by molar-refractivity contribution is -0.642. The molecule has 0 saturated carbocycles. The molecule has 0 bridgehead atoms. The van der Waals surface area contributed by atoms with Gasteiger partial charge in [0.15, 0.2) is 21.4 Å². The number of carboxylic acid groups (broad SMARTS) is 1. The monoisotopic (exact) mass is 578 g/mol. The van der Waals surface area contributed by atoms with Crippen molar-refractivity contribution < 1.29 is 28.9 Å². The molecule has 2 aliphatic rings. The van der Waals surface area contributed by atoms with Gasteiger partial charge in [-0.3, -0.25) is 14.5 Å². The zero-order valence-electron chi connectivity index (χ0n) is 19.4. The van der Waals surface area contributed by atoms with Gasteiger partial charge in [-0.05, 0) is 23.0 Å². The minimum Gasteiger partial charge on any atom is -0.477 e.